The summed E-state index contributed by atoms with van der Waals surface area (Å²) >= 11 is 0. The van der Waals surface area contributed by atoms with Crippen LogP contribution in [-0.2, 0) is 15.0 Å². The maximum atomic E-state index is 12.4. The molecule has 1 N–H and O–H groups in total. The van der Waals surface area contributed by atoms with E-state index in [4.69, 9.17) is 0 Å². The quantitative estimate of drug-likeness (QED) is 0.728. The zero-order valence-corrected chi connectivity index (χ0v) is 14.3. The van der Waals surface area contributed by atoms with Crippen molar-refractivity contribution in [1.29, 1.82) is 0 Å². The molecule has 1 aromatic carbocycles. The third kappa shape index (κ3) is 5.28. The van der Waals surface area contributed by atoms with Crippen LogP contribution in [0.1, 0.15) is 0 Å². The monoisotopic (exact) mass is 328 g/mol. The Bertz CT molecular complexity index is 573. The number of hydrogen-bond acceptors (Lipinski definition) is 4. The normalized spacial score (nSPS) is 11.7. The summed E-state index contributed by atoms with van der Waals surface area (Å²) in [6, 6.07) is 8.58. The Hall–Kier alpha value is -1.64. The first-order chi connectivity index (χ1) is 10.2. The number of likely N-dealkylation sites (N-methyl/N-ethyl adjacent to an activating group) is 1. The number of nitrogens with one attached hydrogen (secondary N) is 1. The number of rotatable bonds is 8. The molecule has 0 aromatic heterocycles. The molecular weight excluding hydrogens is 304 g/mol. The van der Waals surface area contributed by atoms with E-state index in [1.54, 1.807) is 30.3 Å². The summed E-state index contributed by atoms with van der Waals surface area (Å²) in [4.78, 5) is 14.0. The zero-order chi connectivity index (χ0) is 16.8. The smallest absolute Gasteiger partial charge is 0.304 e. The maximum Gasteiger partial charge on any atom is 0.304 e. The van der Waals surface area contributed by atoms with E-state index in [2.05, 4.69) is 5.32 Å². The third-order valence-corrected chi connectivity index (χ3v) is 4.77. The van der Waals surface area contributed by atoms with Crippen LogP contribution in [0.25, 0.3) is 0 Å². The Morgan fingerprint density at radius 2 is 1.68 bits per heavy atom. The number of amides is 1. The Balaban J connectivity index is 2.87. The van der Waals surface area contributed by atoms with Gasteiger partial charge in [-0.1, -0.05) is 18.2 Å². The van der Waals surface area contributed by atoms with Crippen molar-refractivity contribution < 1.29 is 13.2 Å². The molecule has 0 aliphatic rings. The minimum Gasteiger partial charge on any atom is -0.353 e. The first kappa shape index (κ1) is 18.4. The zero-order valence-electron chi connectivity index (χ0n) is 13.5. The summed E-state index contributed by atoms with van der Waals surface area (Å²) in [7, 11) is 2.95. The third-order valence-electron chi connectivity index (χ3n) is 2.95. The van der Waals surface area contributed by atoms with Gasteiger partial charge in [0.15, 0.2) is 0 Å². The predicted octanol–water partition coefficient (Wildman–Crippen LogP) is -0.0228. The van der Waals surface area contributed by atoms with Gasteiger partial charge in [0.1, 0.15) is 6.54 Å². The van der Waals surface area contributed by atoms with Gasteiger partial charge in [-0.25, -0.2) is 4.31 Å². The van der Waals surface area contributed by atoms with E-state index in [1.807, 2.05) is 19.0 Å². The van der Waals surface area contributed by atoms with Crippen LogP contribution >= 0.6 is 0 Å². The van der Waals surface area contributed by atoms with Gasteiger partial charge in [0.25, 0.3) is 0 Å². The predicted molar refractivity (Wildman–Crippen MR) is 88.0 cm³/mol. The minimum atomic E-state index is -3.73. The van der Waals surface area contributed by atoms with Gasteiger partial charge < -0.3 is 10.2 Å². The van der Waals surface area contributed by atoms with E-state index >= 15 is 0 Å². The summed E-state index contributed by atoms with van der Waals surface area (Å²) < 4.78 is 27.0. The van der Waals surface area contributed by atoms with Crippen molar-refractivity contribution in [1.82, 2.24) is 14.5 Å². The number of benzene rings is 1. The summed E-state index contributed by atoms with van der Waals surface area (Å²) in [6.07, 6.45) is 0. The summed E-state index contributed by atoms with van der Waals surface area (Å²) in [6.45, 7) is 0.909. The molecule has 0 spiro atoms. The molecule has 1 rings (SSSR count). The van der Waals surface area contributed by atoms with E-state index in [9.17, 15) is 13.2 Å². The van der Waals surface area contributed by atoms with Crippen LogP contribution in [0.5, 0.6) is 0 Å². The molecule has 8 heteroatoms. The number of nitrogens with zero attached hydrogens (tertiary/aromatic N) is 3. The fourth-order valence-corrected chi connectivity index (χ4v) is 2.77. The molecule has 22 heavy (non-hydrogen) atoms. The van der Waals surface area contributed by atoms with Crippen LogP contribution in [0.15, 0.2) is 30.3 Å². The van der Waals surface area contributed by atoms with Crippen LogP contribution in [0, 0.1) is 0 Å². The van der Waals surface area contributed by atoms with Crippen LogP contribution in [0.2, 0.25) is 0 Å². The second kappa shape index (κ2) is 8.11. The van der Waals surface area contributed by atoms with Crippen molar-refractivity contribution in [3.05, 3.63) is 30.3 Å². The Kier molecular flexibility index (Phi) is 6.79. The molecule has 124 valence electrons. The lowest BCUT2D eigenvalue weighted by Gasteiger charge is -2.27. The van der Waals surface area contributed by atoms with Crippen LogP contribution in [-0.4, -0.2) is 71.4 Å². The fourth-order valence-electron chi connectivity index (χ4n) is 1.70. The average Bonchev–Trinajstić information content (AvgIpc) is 2.45. The highest BCUT2D eigenvalue weighted by molar-refractivity contribution is 7.90. The van der Waals surface area contributed by atoms with Gasteiger partial charge in [-0.3, -0.25) is 4.79 Å². The molecule has 1 aromatic rings. The lowest BCUT2D eigenvalue weighted by molar-refractivity contribution is -0.119. The molecule has 0 saturated carbocycles. The summed E-state index contributed by atoms with van der Waals surface area (Å²) in [5, 5.41) is 2.72. The van der Waals surface area contributed by atoms with Crippen molar-refractivity contribution in [2.75, 3.05) is 52.1 Å². The molecule has 0 atom stereocenters. The van der Waals surface area contributed by atoms with Gasteiger partial charge in [-0.05, 0) is 26.2 Å². The topological polar surface area (TPSA) is 73.0 Å². The van der Waals surface area contributed by atoms with Gasteiger partial charge >= 0.3 is 10.2 Å². The largest absolute Gasteiger partial charge is 0.353 e. The number of para-hydroxylation sites is 1. The van der Waals surface area contributed by atoms with Crippen molar-refractivity contribution in [2.24, 2.45) is 0 Å². The van der Waals surface area contributed by atoms with Gasteiger partial charge in [-0.2, -0.15) is 12.7 Å². The highest BCUT2D eigenvalue weighted by Gasteiger charge is 2.26. The SMILES string of the molecule is CN(C)CCNC(=O)CN(c1ccccc1)S(=O)(=O)N(C)C. The van der Waals surface area contributed by atoms with Crippen LogP contribution in [0.4, 0.5) is 5.69 Å². The van der Waals surface area contributed by atoms with Crippen molar-refractivity contribution in [3.8, 4) is 0 Å². The highest BCUT2D eigenvalue weighted by Crippen LogP contribution is 2.18. The molecule has 1 amide bonds. The number of hydrogen-bond donors (Lipinski definition) is 1. The molecular formula is C14H24N4O3S. The lowest BCUT2D eigenvalue weighted by atomic mass is 10.3. The van der Waals surface area contributed by atoms with Gasteiger partial charge in [-0.15, -0.1) is 0 Å². The van der Waals surface area contributed by atoms with E-state index < -0.39 is 10.2 Å². The lowest BCUT2D eigenvalue weighted by Crippen LogP contribution is -2.46. The van der Waals surface area contributed by atoms with Crippen LogP contribution < -0.4 is 9.62 Å². The van der Waals surface area contributed by atoms with Crippen molar-refractivity contribution >= 4 is 21.8 Å². The molecule has 0 aliphatic heterocycles. The second-order valence-electron chi connectivity index (χ2n) is 5.29. The number of anilines is 1. The highest BCUT2D eigenvalue weighted by atomic mass is 32.2. The van der Waals surface area contributed by atoms with E-state index in [1.165, 1.54) is 14.1 Å². The fraction of sp³-hybridized carbons (Fsp3) is 0.500. The van der Waals surface area contributed by atoms with Crippen molar-refractivity contribution in [3.63, 3.8) is 0 Å². The van der Waals surface area contributed by atoms with E-state index in [-0.39, 0.29) is 12.5 Å². The van der Waals surface area contributed by atoms with Crippen LogP contribution in [0.3, 0.4) is 0 Å². The number of carbonyl (C=O) groups excluding carboxylic acids is 1. The van der Waals surface area contributed by atoms with Gasteiger partial charge in [0.2, 0.25) is 5.91 Å². The van der Waals surface area contributed by atoms with E-state index in [0.717, 1.165) is 8.61 Å². The Morgan fingerprint density at radius 3 is 2.18 bits per heavy atom. The summed E-state index contributed by atoms with van der Waals surface area (Å²) in [5.74, 6) is -0.337. The molecule has 0 bridgehead atoms. The average molecular weight is 328 g/mol. The summed E-state index contributed by atoms with van der Waals surface area (Å²) in [5.41, 5.74) is 0.457. The van der Waals surface area contributed by atoms with E-state index in [0.29, 0.717) is 18.8 Å². The standard InChI is InChI=1S/C14H24N4O3S/c1-16(2)11-10-15-14(19)12-18(22(20,21)17(3)4)13-8-6-5-7-9-13/h5-9H,10-12H2,1-4H3,(H,15,19). The Labute approximate surface area is 132 Å². The maximum absolute atomic E-state index is 12.4. The molecule has 0 unspecified atom stereocenters. The second-order valence-corrected chi connectivity index (χ2v) is 7.35. The molecule has 0 heterocycles. The molecule has 0 aliphatic carbocycles. The first-order valence-corrected chi connectivity index (χ1v) is 8.31. The molecule has 7 nitrogen and oxygen atoms in total. The van der Waals surface area contributed by atoms with Gasteiger partial charge in [0, 0.05) is 27.2 Å². The van der Waals surface area contributed by atoms with Crippen molar-refractivity contribution in [2.45, 2.75) is 0 Å². The first-order valence-electron chi connectivity index (χ1n) is 6.92. The Morgan fingerprint density at radius 1 is 1.09 bits per heavy atom. The molecule has 0 saturated heterocycles. The number of carbonyl (C=O) groups is 1. The van der Waals surface area contributed by atoms with Gasteiger partial charge in [0.05, 0.1) is 5.69 Å². The molecule has 0 radical (unpaired) electrons. The minimum absolute atomic E-state index is 0.252. The molecule has 0 fully saturated rings.